The lowest BCUT2D eigenvalue weighted by Gasteiger charge is -2.10. The predicted molar refractivity (Wildman–Crippen MR) is 91.5 cm³/mol. The third-order valence-corrected chi connectivity index (χ3v) is 3.94. The van der Waals surface area contributed by atoms with Crippen molar-refractivity contribution in [2.45, 2.75) is 6.42 Å². The van der Waals surface area contributed by atoms with Crippen LogP contribution in [0.2, 0.25) is 0 Å². The van der Waals surface area contributed by atoms with Gasteiger partial charge in [0.15, 0.2) is 4.77 Å². The maximum Gasteiger partial charge on any atom is 0.264 e. The second kappa shape index (κ2) is 5.69. The summed E-state index contributed by atoms with van der Waals surface area (Å²) < 4.78 is 1.79. The molecule has 0 spiro atoms. The zero-order valence-electron chi connectivity index (χ0n) is 12.2. The van der Waals surface area contributed by atoms with Crippen LogP contribution in [0, 0.1) is 4.77 Å². The molecular formula is C17H15N3OS. The number of aromatic amines is 1. The van der Waals surface area contributed by atoms with Gasteiger partial charge in [0.1, 0.15) is 5.65 Å². The first-order valence-corrected chi connectivity index (χ1v) is 7.32. The summed E-state index contributed by atoms with van der Waals surface area (Å²) in [5.41, 5.74) is 3.05. The van der Waals surface area contributed by atoms with Crippen LogP contribution in [0.4, 0.5) is 0 Å². The summed E-state index contributed by atoms with van der Waals surface area (Å²) in [4.78, 5) is 20.2. The summed E-state index contributed by atoms with van der Waals surface area (Å²) in [6.45, 7) is 3.75. The quantitative estimate of drug-likeness (QED) is 0.596. The van der Waals surface area contributed by atoms with Crippen LogP contribution >= 0.6 is 12.2 Å². The summed E-state index contributed by atoms with van der Waals surface area (Å²) in [6.07, 6.45) is 2.42. The smallest absolute Gasteiger partial charge is 0.264 e. The van der Waals surface area contributed by atoms with E-state index in [0.717, 1.165) is 16.8 Å². The van der Waals surface area contributed by atoms with Crippen molar-refractivity contribution in [1.29, 1.82) is 0 Å². The second-order valence-electron chi connectivity index (χ2n) is 5.04. The number of nitrogens with one attached hydrogen (secondary N) is 1. The Kier molecular flexibility index (Phi) is 3.73. The molecular weight excluding hydrogens is 294 g/mol. The Morgan fingerprint density at radius 1 is 1.36 bits per heavy atom. The van der Waals surface area contributed by atoms with Crippen molar-refractivity contribution in [1.82, 2.24) is 14.5 Å². The van der Waals surface area contributed by atoms with E-state index in [4.69, 9.17) is 12.2 Å². The van der Waals surface area contributed by atoms with Gasteiger partial charge in [0.05, 0.1) is 5.39 Å². The predicted octanol–water partition coefficient (Wildman–Crippen LogP) is 3.39. The van der Waals surface area contributed by atoms with Crippen LogP contribution in [0.15, 0.2) is 53.8 Å². The molecule has 3 rings (SSSR count). The molecule has 0 amide bonds. The third-order valence-electron chi connectivity index (χ3n) is 3.56. The number of aromatic nitrogens is 3. The SMILES string of the molecule is C=CCc1cc(-c2ccccc2)c2c(=O)n(C)c(=S)[nH]c2n1. The highest BCUT2D eigenvalue weighted by atomic mass is 32.1. The molecule has 0 fully saturated rings. The summed E-state index contributed by atoms with van der Waals surface area (Å²) in [7, 11) is 1.66. The molecule has 0 atom stereocenters. The fraction of sp³-hybridized carbons (Fsp3) is 0.118. The first kappa shape index (κ1) is 14.4. The minimum Gasteiger partial charge on any atom is -0.316 e. The molecule has 0 aliphatic carbocycles. The first-order chi connectivity index (χ1) is 10.6. The zero-order valence-corrected chi connectivity index (χ0v) is 13.0. The molecule has 0 unspecified atom stereocenters. The van der Waals surface area contributed by atoms with Crippen LogP contribution in [0.1, 0.15) is 5.69 Å². The van der Waals surface area contributed by atoms with Gasteiger partial charge < -0.3 is 4.98 Å². The maximum absolute atomic E-state index is 12.6. The van der Waals surface area contributed by atoms with Crippen LogP contribution in [0.3, 0.4) is 0 Å². The molecule has 110 valence electrons. The molecule has 2 heterocycles. The number of hydrogen-bond acceptors (Lipinski definition) is 3. The van der Waals surface area contributed by atoms with E-state index in [1.54, 1.807) is 13.1 Å². The number of allylic oxidation sites excluding steroid dienone is 1. The van der Waals surface area contributed by atoms with E-state index in [1.807, 2.05) is 36.4 Å². The van der Waals surface area contributed by atoms with Crippen molar-refractivity contribution >= 4 is 23.3 Å². The maximum atomic E-state index is 12.6. The van der Waals surface area contributed by atoms with Gasteiger partial charge in [-0.3, -0.25) is 9.36 Å². The number of rotatable bonds is 3. The van der Waals surface area contributed by atoms with Gasteiger partial charge in [-0.25, -0.2) is 4.98 Å². The molecule has 0 saturated heterocycles. The van der Waals surface area contributed by atoms with Crippen molar-refractivity contribution in [2.24, 2.45) is 7.05 Å². The molecule has 0 radical (unpaired) electrons. The molecule has 1 N–H and O–H groups in total. The molecule has 3 aromatic rings. The summed E-state index contributed by atoms with van der Waals surface area (Å²) in [5.74, 6) is 0. The zero-order chi connectivity index (χ0) is 15.7. The molecule has 5 heteroatoms. The van der Waals surface area contributed by atoms with Crippen LogP contribution in [0.5, 0.6) is 0 Å². The monoisotopic (exact) mass is 309 g/mol. The Morgan fingerprint density at radius 3 is 2.77 bits per heavy atom. The standard InChI is InChI=1S/C17H15N3OS/c1-3-7-12-10-13(11-8-5-4-6-9-11)14-15(18-12)19-17(22)20(2)16(14)21/h3-6,8-10H,1,7H2,2H3,(H,18,19,22). The van der Waals surface area contributed by atoms with Gasteiger partial charge in [0, 0.05) is 19.2 Å². The number of H-pyrrole nitrogens is 1. The highest BCUT2D eigenvalue weighted by Gasteiger charge is 2.13. The van der Waals surface area contributed by atoms with Gasteiger partial charge in [0.2, 0.25) is 0 Å². The highest BCUT2D eigenvalue weighted by molar-refractivity contribution is 7.71. The average molecular weight is 309 g/mol. The molecule has 0 bridgehead atoms. The van der Waals surface area contributed by atoms with Crippen LogP contribution in [-0.2, 0) is 13.5 Å². The minimum absolute atomic E-state index is 0.143. The van der Waals surface area contributed by atoms with E-state index in [0.29, 0.717) is 22.2 Å². The Bertz CT molecular complexity index is 971. The van der Waals surface area contributed by atoms with E-state index >= 15 is 0 Å². The summed E-state index contributed by atoms with van der Waals surface area (Å²) in [6, 6.07) is 11.7. The topological polar surface area (TPSA) is 50.7 Å². The van der Waals surface area contributed by atoms with E-state index in [1.165, 1.54) is 4.57 Å². The fourth-order valence-corrected chi connectivity index (χ4v) is 2.63. The van der Waals surface area contributed by atoms with E-state index < -0.39 is 0 Å². The highest BCUT2D eigenvalue weighted by Crippen LogP contribution is 2.25. The summed E-state index contributed by atoms with van der Waals surface area (Å²) in [5, 5.41) is 0.551. The van der Waals surface area contributed by atoms with Gasteiger partial charge in [-0.1, -0.05) is 36.4 Å². The molecule has 1 aromatic carbocycles. The molecule has 4 nitrogen and oxygen atoms in total. The van der Waals surface area contributed by atoms with Crippen molar-refractivity contribution in [3.8, 4) is 11.1 Å². The van der Waals surface area contributed by atoms with Gasteiger partial charge in [-0.2, -0.15) is 0 Å². The van der Waals surface area contributed by atoms with Crippen molar-refractivity contribution < 1.29 is 0 Å². The fourth-order valence-electron chi connectivity index (χ4n) is 2.45. The third kappa shape index (κ3) is 2.40. The first-order valence-electron chi connectivity index (χ1n) is 6.91. The van der Waals surface area contributed by atoms with Gasteiger partial charge in [-0.15, -0.1) is 6.58 Å². The number of fused-ring (bicyclic) bond motifs is 1. The molecule has 0 aliphatic heterocycles. The minimum atomic E-state index is -0.143. The number of pyridine rings is 1. The van der Waals surface area contributed by atoms with E-state index in [-0.39, 0.29) is 5.56 Å². The van der Waals surface area contributed by atoms with Crippen LogP contribution < -0.4 is 5.56 Å². The Balaban J connectivity index is 2.47. The Hall–Kier alpha value is -2.53. The molecule has 0 saturated carbocycles. The normalized spacial score (nSPS) is 10.8. The van der Waals surface area contributed by atoms with Gasteiger partial charge in [0.25, 0.3) is 5.56 Å². The Labute approximate surface area is 132 Å². The van der Waals surface area contributed by atoms with E-state index in [2.05, 4.69) is 16.5 Å². The number of nitrogens with zero attached hydrogens (tertiary/aromatic N) is 2. The van der Waals surface area contributed by atoms with E-state index in [9.17, 15) is 4.79 Å². The summed E-state index contributed by atoms with van der Waals surface area (Å²) >= 11 is 5.18. The second-order valence-corrected chi connectivity index (χ2v) is 5.42. The lowest BCUT2D eigenvalue weighted by Crippen LogP contribution is -2.20. The molecule has 0 aliphatic rings. The number of hydrogen-bond donors (Lipinski definition) is 1. The Morgan fingerprint density at radius 2 is 2.09 bits per heavy atom. The van der Waals surface area contributed by atoms with Crippen molar-refractivity contribution in [3.63, 3.8) is 0 Å². The van der Waals surface area contributed by atoms with Gasteiger partial charge in [-0.05, 0) is 29.4 Å². The van der Waals surface area contributed by atoms with Crippen molar-refractivity contribution in [2.75, 3.05) is 0 Å². The van der Waals surface area contributed by atoms with Crippen LogP contribution in [0.25, 0.3) is 22.2 Å². The number of benzene rings is 1. The molecule has 22 heavy (non-hydrogen) atoms. The van der Waals surface area contributed by atoms with Crippen molar-refractivity contribution in [3.05, 3.63) is 69.9 Å². The molecule has 2 aromatic heterocycles. The van der Waals surface area contributed by atoms with Gasteiger partial charge >= 0.3 is 0 Å². The lowest BCUT2D eigenvalue weighted by molar-refractivity contribution is 0.820. The largest absolute Gasteiger partial charge is 0.316 e. The van der Waals surface area contributed by atoms with Crippen LogP contribution in [-0.4, -0.2) is 14.5 Å². The average Bonchev–Trinajstić information content (AvgIpc) is 2.53. The lowest BCUT2D eigenvalue weighted by atomic mass is 10.0.